The number of benzene rings is 1. The molecule has 0 aliphatic carbocycles. The summed E-state index contributed by atoms with van der Waals surface area (Å²) >= 11 is 0. The molecule has 0 aliphatic rings. The van der Waals surface area contributed by atoms with Crippen LogP contribution in [0.5, 0.6) is 11.5 Å². The molecule has 0 amide bonds. The van der Waals surface area contributed by atoms with Crippen molar-refractivity contribution in [3.8, 4) is 11.5 Å². The highest BCUT2D eigenvalue weighted by Crippen LogP contribution is 2.32. The van der Waals surface area contributed by atoms with Gasteiger partial charge in [-0.1, -0.05) is 0 Å². The summed E-state index contributed by atoms with van der Waals surface area (Å²) in [5.74, 6) is 1.62. The molecule has 1 unspecified atom stereocenters. The molecule has 0 aliphatic heterocycles. The number of ether oxygens (including phenoxy) is 2. The number of imidazole rings is 1. The maximum absolute atomic E-state index is 5.44. The molecule has 0 radical (unpaired) electrons. The van der Waals surface area contributed by atoms with Crippen LogP contribution in [-0.2, 0) is 7.05 Å². The predicted molar refractivity (Wildman–Crippen MR) is 73.7 cm³/mol. The van der Waals surface area contributed by atoms with Gasteiger partial charge in [-0.15, -0.1) is 0 Å². The summed E-state index contributed by atoms with van der Waals surface area (Å²) in [6.45, 7) is 0. The van der Waals surface area contributed by atoms with Crippen LogP contribution in [0.25, 0.3) is 0 Å². The number of aryl methyl sites for hydroxylation is 1. The Morgan fingerprint density at radius 3 is 2.58 bits per heavy atom. The van der Waals surface area contributed by atoms with Gasteiger partial charge in [-0.25, -0.2) is 4.98 Å². The number of nitrogens with zero attached hydrogens (tertiary/aromatic N) is 2. The van der Waals surface area contributed by atoms with Gasteiger partial charge in [0.2, 0.25) is 0 Å². The van der Waals surface area contributed by atoms with Crippen LogP contribution < -0.4 is 14.8 Å². The molecule has 0 saturated heterocycles. The molecule has 19 heavy (non-hydrogen) atoms. The average molecular weight is 261 g/mol. The van der Waals surface area contributed by atoms with Crippen LogP contribution >= 0.6 is 0 Å². The van der Waals surface area contributed by atoms with E-state index in [9.17, 15) is 0 Å². The average Bonchev–Trinajstić information content (AvgIpc) is 2.86. The van der Waals surface area contributed by atoms with Gasteiger partial charge in [0.05, 0.1) is 38.5 Å². The summed E-state index contributed by atoms with van der Waals surface area (Å²) in [5, 5.41) is 3.29. The zero-order valence-corrected chi connectivity index (χ0v) is 11.7. The van der Waals surface area contributed by atoms with Gasteiger partial charge >= 0.3 is 0 Å². The first-order valence-corrected chi connectivity index (χ1v) is 6.06. The number of hydrogen-bond donors (Lipinski definition) is 1. The van der Waals surface area contributed by atoms with E-state index in [1.165, 1.54) is 0 Å². The minimum Gasteiger partial charge on any atom is -0.497 e. The summed E-state index contributed by atoms with van der Waals surface area (Å²) in [7, 11) is 7.21. The second-order valence-corrected chi connectivity index (χ2v) is 4.26. The lowest BCUT2D eigenvalue weighted by Gasteiger charge is -2.20. The van der Waals surface area contributed by atoms with E-state index in [1.807, 2.05) is 43.1 Å². The second-order valence-electron chi connectivity index (χ2n) is 4.26. The molecular weight excluding hydrogens is 242 g/mol. The van der Waals surface area contributed by atoms with E-state index in [2.05, 4.69) is 10.3 Å². The fourth-order valence-electron chi connectivity index (χ4n) is 2.17. The van der Waals surface area contributed by atoms with E-state index in [1.54, 1.807) is 20.5 Å². The third-order valence-electron chi connectivity index (χ3n) is 3.19. The number of aromatic nitrogens is 2. The van der Waals surface area contributed by atoms with Gasteiger partial charge in [-0.2, -0.15) is 0 Å². The summed E-state index contributed by atoms with van der Waals surface area (Å²) in [6, 6.07) is 5.78. The molecule has 2 rings (SSSR count). The minimum absolute atomic E-state index is 0.00227. The molecule has 0 bridgehead atoms. The van der Waals surface area contributed by atoms with Crippen LogP contribution in [0.2, 0.25) is 0 Å². The topological polar surface area (TPSA) is 48.3 Å². The highest BCUT2D eigenvalue weighted by Gasteiger charge is 2.20. The number of hydrogen-bond acceptors (Lipinski definition) is 4. The van der Waals surface area contributed by atoms with Gasteiger partial charge in [-0.05, 0) is 25.2 Å². The SMILES string of the molecule is CNC(c1cc(OC)ccc1OC)c1cncn1C. The molecule has 5 nitrogen and oxygen atoms in total. The Labute approximate surface area is 113 Å². The molecule has 1 atom stereocenters. The maximum atomic E-state index is 5.44. The Hall–Kier alpha value is -2.01. The smallest absolute Gasteiger partial charge is 0.124 e. The van der Waals surface area contributed by atoms with Crippen LogP contribution in [0.4, 0.5) is 0 Å². The van der Waals surface area contributed by atoms with E-state index in [-0.39, 0.29) is 6.04 Å². The van der Waals surface area contributed by atoms with E-state index in [0.717, 1.165) is 22.8 Å². The van der Waals surface area contributed by atoms with Gasteiger partial charge in [0.15, 0.2) is 0 Å². The van der Waals surface area contributed by atoms with Crippen molar-refractivity contribution in [3.05, 3.63) is 42.0 Å². The molecule has 102 valence electrons. The van der Waals surface area contributed by atoms with Crippen LogP contribution in [0.15, 0.2) is 30.7 Å². The number of rotatable bonds is 5. The van der Waals surface area contributed by atoms with E-state index >= 15 is 0 Å². The molecule has 1 heterocycles. The van der Waals surface area contributed by atoms with E-state index in [0.29, 0.717) is 0 Å². The molecule has 1 aromatic heterocycles. The van der Waals surface area contributed by atoms with Crippen molar-refractivity contribution < 1.29 is 9.47 Å². The quantitative estimate of drug-likeness (QED) is 0.890. The molecule has 1 aromatic carbocycles. The van der Waals surface area contributed by atoms with Gasteiger partial charge in [0.25, 0.3) is 0 Å². The van der Waals surface area contributed by atoms with E-state index in [4.69, 9.17) is 9.47 Å². The Kier molecular flexibility index (Phi) is 4.06. The zero-order chi connectivity index (χ0) is 13.8. The maximum Gasteiger partial charge on any atom is 0.124 e. The molecule has 0 saturated carbocycles. The van der Waals surface area contributed by atoms with E-state index < -0.39 is 0 Å². The van der Waals surface area contributed by atoms with Gasteiger partial charge in [-0.3, -0.25) is 0 Å². The molecular formula is C14H19N3O2. The first kappa shape index (κ1) is 13.4. The standard InChI is InChI=1S/C14H19N3O2/c1-15-14(12-8-16-9-17(12)2)11-7-10(18-3)5-6-13(11)19-4/h5-9,14-15H,1-4H3. The lowest BCUT2D eigenvalue weighted by molar-refractivity contribution is 0.394. The lowest BCUT2D eigenvalue weighted by Crippen LogP contribution is -2.20. The summed E-state index contributed by atoms with van der Waals surface area (Å²) in [5.41, 5.74) is 2.09. The normalized spacial score (nSPS) is 12.2. The largest absolute Gasteiger partial charge is 0.497 e. The molecule has 5 heteroatoms. The summed E-state index contributed by atoms with van der Waals surface area (Å²) in [4.78, 5) is 4.17. The highest BCUT2D eigenvalue weighted by atomic mass is 16.5. The second kappa shape index (κ2) is 5.75. The summed E-state index contributed by atoms with van der Waals surface area (Å²) in [6.07, 6.45) is 3.63. The predicted octanol–water partition coefficient (Wildman–Crippen LogP) is 1.75. The Morgan fingerprint density at radius 1 is 1.26 bits per heavy atom. The first-order chi connectivity index (χ1) is 9.21. The molecule has 1 N–H and O–H groups in total. The third-order valence-corrected chi connectivity index (χ3v) is 3.19. The number of nitrogens with one attached hydrogen (secondary N) is 1. The lowest BCUT2D eigenvalue weighted by atomic mass is 10.0. The highest BCUT2D eigenvalue weighted by molar-refractivity contribution is 5.45. The van der Waals surface area contributed by atoms with Crippen LogP contribution in [-0.4, -0.2) is 30.8 Å². The van der Waals surface area contributed by atoms with Crippen molar-refractivity contribution in [1.82, 2.24) is 14.9 Å². The third kappa shape index (κ3) is 2.56. The van der Waals surface area contributed by atoms with Crippen LogP contribution in [0.1, 0.15) is 17.3 Å². The molecule has 0 spiro atoms. The summed E-state index contributed by atoms with van der Waals surface area (Å²) < 4.78 is 12.7. The van der Waals surface area contributed by atoms with Crippen molar-refractivity contribution in [2.75, 3.05) is 21.3 Å². The first-order valence-electron chi connectivity index (χ1n) is 6.06. The van der Waals surface area contributed by atoms with Gasteiger partial charge in [0.1, 0.15) is 11.5 Å². The minimum atomic E-state index is -0.00227. The Bertz CT molecular complexity index is 551. The fraction of sp³-hybridized carbons (Fsp3) is 0.357. The van der Waals surface area contributed by atoms with Crippen molar-refractivity contribution in [3.63, 3.8) is 0 Å². The zero-order valence-electron chi connectivity index (χ0n) is 11.7. The monoisotopic (exact) mass is 261 g/mol. The Morgan fingerprint density at radius 2 is 2.05 bits per heavy atom. The fourth-order valence-corrected chi connectivity index (χ4v) is 2.17. The molecule has 2 aromatic rings. The van der Waals surface area contributed by atoms with Crippen LogP contribution in [0.3, 0.4) is 0 Å². The molecule has 0 fully saturated rings. The number of methoxy groups -OCH3 is 2. The van der Waals surface area contributed by atoms with Gasteiger partial charge < -0.3 is 19.4 Å². The van der Waals surface area contributed by atoms with Gasteiger partial charge in [0, 0.05) is 12.6 Å². The van der Waals surface area contributed by atoms with Crippen molar-refractivity contribution in [2.24, 2.45) is 7.05 Å². The van der Waals surface area contributed by atoms with Crippen LogP contribution in [0, 0.1) is 0 Å². The van der Waals surface area contributed by atoms with Crippen molar-refractivity contribution >= 4 is 0 Å². The Balaban J connectivity index is 2.51. The van der Waals surface area contributed by atoms with Crippen molar-refractivity contribution in [1.29, 1.82) is 0 Å². The van der Waals surface area contributed by atoms with Crippen molar-refractivity contribution in [2.45, 2.75) is 6.04 Å².